The monoisotopic (exact) mass is 433 g/mol. The average molecular weight is 433 g/mol. The number of furan rings is 1. The van der Waals surface area contributed by atoms with E-state index in [1.54, 1.807) is 57.4 Å². The van der Waals surface area contributed by atoms with Crippen LogP contribution in [0.2, 0.25) is 0 Å². The number of ether oxygens (including phenoxy) is 1. The Morgan fingerprint density at radius 3 is 2.38 bits per heavy atom. The summed E-state index contributed by atoms with van der Waals surface area (Å²) in [7, 11) is 1.55. The first-order chi connectivity index (χ1) is 15.2. The SMILES string of the molecule is COc1cc(C)c(/C(O)=C2\C(=O)C(=O)N(c3ccccc3O)C2c2ccc(C)o2)cc1C. The highest BCUT2D eigenvalue weighted by atomic mass is 16.5. The highest BCUT2D eigenvalue weighted by Crippen LogP contribution is 2.45. The summed E-state index contributed by atoms with van der Waals surface area (Å²) < 4.78 is 11.1. The minimum atomic E-state index is -1.04. The second-order valence-corrected chi connectivity index (χ2v) is 7.74. The number of ketones is 1. The number of aliphatic hydroxyl groups excluding tert-OH is 1. The molecule has 1 unspecified atom stereocenters. The lowest BCUT2D eigenvalue weighted by Crippen LogP contribution is -2.29. The number of phenolic OH excluding ortho intramolecular Hbond substituents is 1. The summed E-state index contributed by atoms with van der Waals surface area (Å²) in [5, 5.41) is 21.7. The normalized spacial score (nSPS) is 17.8. The fraction of sp³-hybridized carbons (Fsp3) is 0.200. The van der Waals surface area contributed by atoms with Crippen molar-refractivity contribution in [1.82, 2.24) is 0 Å². The first kappa shape index (κ1) is 21.2. The molecule has 1 amide bonds. The van der Waals surface area contributed by atoms with Crippen molar-refractivity contribution in [2.24, 2.45) is 0 Å². The number of nitrogens with zero attached hydrogens (tertiary/aromatic N) is 1. The number of aliphatic hydroxyl groups is 1. The Labute approximate surface area is 185 Å². The molecule has 4 rings (SSSR count). The molecule has 1 aromatic heterocycles. The van der Waals surface area contributed by atoms with Gasteiger partial charge in [0.15, 0.2) is 0 Å². The molecule has 7 heteroatoms. The molecule has 1 atom stereocenters. The van der Waals surface area contributed by atoms with E-state index in [9.17, 15) is 19.8 Å². The maximum atomic E-state index is 13.2. The molecule has 1 aliphatic rings. The minimum absolute atomic E-state index is 0.111. The summed E-state index contributed by atoms with van der Waals surface area (Å²) >= 11 is 0. The smallest absolute Gasteiger partial charge is 0.300 e. The third kappa shape index (κ3) is 3.32. The summed E-state index contributed by atoms with van der Waals surface area (Å²) in [6, 6.07) is 12.0. The van der Waals surface area contributed by atoms with Gasteiger partial charge in [-0.2, -0.15) is 0 Å². The number of anilines is 1. The Kier molecular flexibility index (Phi) is 5.26. The standard InChI is InChI=1S/C25H23NO6/c1-13-12-20(31-4)14(2)11-16(13)23(28)21-22(19-10-9-15(3)32-19)26(25(30)24(21)29)17-7-5-6-8-18(17)27/h5-12,22,27-28H,1-4H3/b23-21+. The van der Waals surface area contributed by atoms with Gasteiger partial charge in [-0.3, -0.25) is 14.5 Å². The maximum Gasteiger partial charge on any atom is 0.300 e. The van der Waals surface area contributed by atoms with Crippen molar-refractivity contribution < 1.29 is 29.0 Å². The van der Waals surface area contributed by atoms with Crippen molar-refractivity contribution in [3.8, 4) is 11.5 Å². The number of carbonyl (C=O) groups excluding carboxylic acids is 2. The second kappa shape index (κ2) is 7.92. The van der Waals surface area contributed by atoms with Gasteiger partial charge in [-0.25, -0.2) is 0 Å². The number of aromatic hydroxyl groups is 1. The van der Waals surface area contributed by atoms with Crippen LogP contribution in [0.1, 0.15) is 34.3 Å². The minimum Gasteiger partial charge on any atom is -0.507 e. The van der Waals surface area contributed by atoms with E-state index >= 15 is 0 Å². The molecule has 2 aromatic carbocycles. The van der Waals surface area contributed by atoms with Crippen molar-refractivity contribution in [3.63, 3.8) is 0 Å². The third-order valence-electron chi connectivity index (χ3n) is 5.61. The number of hydrogen-bond acceptors (Lipinski definition) is 6. The Morgan fingerprint density at radius 2 is 1.75 bits per heavy atom. The number of hydrogen-bond donors (Lipinski definition) is 2. The highest BCUT2D eigenvalue weighted by molar-refractivity contribution is 6.51. The quantitative estimate of drug-likeness (QED) is 0.356. The van der Waals surface area contributed by atoms with Crippen molar-refractivity contribution in [3.05, 3.63) is 82.3 Å². The Hall–Kier alpha value is -4.00. The Bertz CT molecular complexity index is 1270. The summed E-state index contributed by atoms with van der Waals surface area (Å²) in [5.74, 6) is -0.684. The number of aryl methyl sites for hydroxylation is 3. The number of carbonyl (C=O) groups is 2. The fourth-order valence-electron chi connectivity index (χ4n) is 4.03. The lowest BCUT2D eigenvalue weighted by Gasteiger charge is -2.24. The zero-order valence-electron chi connectivity index (χ0n) is 18.2. The van der Waals surface area contributed by atoms with Crippen molar-refractivity contribution in [2.45, 2.75) is 26.8 Å². The van der Waals surface area contributed by atoms with Gasteiger partial charge >= 0.3 is 0 Å². The number of benzene rings is 2. The van der Waals surface area contributed by atoms with Crippen LogP contribution in [-0.4, -0.2) is 29.0 Å². The van der Waals surface area contributed by atoms with Crippen LogP contribution in [-0.2, 0) is 9.59 Å². The zero-order chi connectivity index (χ0) is 23.2. The van der Waals surface area contributed by atoms with Crippen LogP contribution in [0.4, 0.5) is 5.69 Å². The number of rotatable bonds is 4. The summed E-state index contributed by atoms with van der Waals surface area (Å²) in [6.45, 7) is 5.35. The van der Waals surface area contributed by atoms with E-state index in [-0.39, 0.29) is 22.8 Å². The molecule has 7 nitrogen and oxygen atoms in total. The van der Waals surface area contributed by atoms with E-state index in [2.05, 4.69) is 0 Å². The predicted molar refractivity (Wildman–Crippen MR) is 119 cm³/mol. The first-order valence-electron chi connectivity index (χ1n) is 10.1. The van der Waals surface area contributed by atoms with Crippen molar-refractivity contribution in [1.29, 1.82) is 0 Å². The molecule has 1 saturated heterocycles. The van der Waals surface area contributed by atoms with Crippen molar-refractivity contribution in [2.75, 3.05) is 12.0 Å². The van der Waals surface area contributed by atoms with Gasteiger partial charge in [0.05, 0.1) is 18.4 Å². The van der Waals surface area contributed by atoms with E-state index in [1.807, 2.05) is 6.92 Å². The molecule has 2 heterocycles. The molecular weight excluding hydrogens is 410 g/mol. The fourth-order valence-corrected chi connectivity index (χ4v) is 4.03. The van der Waals surface area contributed by atoms with E-state index in [1.165, 1.54) is 12.1 Å². The molecule has 0 saturated carbocycles. The van der Waals surface area contributed by atoms with Crippen LogP contribution in [0, 0.1) is 20.8 Å². The number of para-hydroxylation sites is 2. The van der Waals surface area contributed by atoms with Crippen LogP contribution in [0.25, 0.3) is 5.76 Å². The molecule has 0 bridgehead atoms. The van der Waals surface area contributed by atoms with Crippen molar-refractivity contribution >= 4 is 23.1 Å². The number of amides is 1. The van der Waals surface area contributed by atoms with Crippen LogP contribution in [0.15, 0.2) is 58.5 Å². The van der Waals surface area contributed by atoms with Gasteiger partial charge in [-0.15, -0.1) is 0 Å². The van der Waals surface area contributed by atoms with Crippen LogP contribution in [0.5, 0.6) is 11.5 Å². The van der Waals surface area contributed by atoms with Crippen LogP contribution < -0.4 is 9.64 Å². The van der Waals surface area contributed by atoms with Gasteiger partial charge in [0.1, 0.15) is 34.8 Å². The third-order valence-corrected chi connectivity index (χ3v) is 5.61. The molecule has 0 spiro atoms. The van der Waals surface area contributed by atoms with Crippen LogP contribution in [0.3, 0.4) is 0 Å². The van der Waals surface area contributed by atoms with Gasteiger partial charge in [0.2, 0.25) is 0 Å². The molecule has 3 aromatic rings. The predicted octanol–water partition coefficient (Wildman–Crippen LogP) is 4.55. The van der Waals surface area contributed by atoms with Crippen LogP contribution >= 0.6 is 0 Å². The molecule has 32 heavy (non-hydrogen) atoms. The topological polar surface area (TPSA) is 100 Å². The number of methoxy groups -OCH3 is 1. The molecule has 1 fully saturated rings. The van der Waals surface area contributed by atoms with E-state index in [0.29, 0.717) is 28.4 Å². The van der Waals surface area contributed by atoms with Gasteiger partial charge in [0, 0.05) is 5.56 Å². The lowest BCUT2D eigenvalue weighted by atomic mass is 9.95. The largest absolute Gasteiger partial charge is 0.507 e. The Morgan fingerprint density at radius 1 is 1.03 bits per heavy atom. The second-order valence-electron chi connectivity index (χ2n) is 7.74. The average Bonchev–Trinajstić information content (AvgIpc) is 3.30. The van der Waals surface area contributed by atoms with Gasteiger partial charge in [0.25, 0.3) is 11.7 Å². The number of phenols is 1. The Balaban J connectivity index is 1.98. The molecule has 164 valence electrons. The lowest BCUT2D eigenvalue weighted by molar-refractivity contribution is -0.132. The van der Waals surface area contributed by atoms with Gasteiger partial charge in [-0.1, -0.05) is 12.1 Å². The number of Topliss-reactive ketones (excluding diaryl/α,β-unsaturated/α-hetero) is 1. The molecule has 0 aliphatic carbocycles. The van der Waals surface area contributed by atoms with Gasteiger partial charge < -0.3 is 19.4 Å². The summed E-state index contributed by atoms with van der Waals surface area (Å²) in [4.78, 5) is 27.4. The maximum absolute atomic E-state index is 13.2. The van der Waals surface area contributed by atoms with Gasteiger partial charge in [-0.05, 0) is 68.3 Å². The molecular formula is C25H23NO6. The van der Waals surface area contributed by atoms with E-state index < -0.39 is 17.7 Å². The highest BCUT2D eigenvalue weighted by Gasteiger charge is 2.49. The summed E-state index contributed by atoms with van der Waals surface area (Å²) in [5.41, 5.74) is 1.88. The summed E-state index contributed by atoms with van der Waals surface area (Å²) in [6.07, 6.45) is 0. The van der Waals surface area contributed by atoms with E-state index in [4.69, 9.17) is 9.15 Å². The molecule has 1 aliphatic heterocycles. The molecule has 0 radical (unpaired) electrons. The zero-order valence-corrected chi connectivity index (χ0v) is 18.2. The first-order valence-corrected chi connectivity index (χ1v) is 10.1. The van der Waals surface area contributed by atoms with E-state index in [0.717, 1.165) is 10.5 Å². The molecule has 2 N–H and O–H groups in total.